The van der Waals surface area contributed by atoms with E-state index in [0.717, 1.165) is 28.2 Å². The molecule has 1 aliphatic heterocycles. The van der Waals surface area contributed by atoms with Gasteiger partial charge in [-0.15, -0.1) is 0 Å². The first-order valence-electron chi connectivity index (χ1n) is 8.15. The molecule has 2 aliphatic rings. The van der Waals surface area contributed by atoms with Crippen molar-refractivity contribution in [3.63, 3.8) is 0 Å². The summed E-state index contributed by atoms with van der Waals surface area (Å²) in [6.07, 6.45) is 1.98. The van der Waals surface area contributed by atoms with Crippen LogP contribution in [0, 0.1) is 0 Å². The molecule has 1 N–H and O–H groups in total. The summed E-state index contributed by atoms with van der Waals surface area (Å²) in [5, 5.41) is 2.84. The number of carbonyl (C=O) groups excluding carboxylic acids is 4. The Morgan fingerprint density at radius 1 is 1.12 bits per heavy atom. The zero-order chi connectivity index (χ0) is 18.0. The molecule has 0 spiro atoms. The molecule has 1 aromatic rings. The molecule has 1 saturated heterocycles. The molecule has 5 amide bonds. The lowest BCUT2D eigenvalue weighted by Crippen LogP contribution is -2.44. The van der Waals surface area contributed by atoms with Crippen LogP contribution in [0.15, 0.2) is 30.3 Å². The minimum Gasteiger partial charge on any atom is -0.352 e. The molecule has 25 heavy (non-hydrogen) atoms. The van der Waals surface area contributed by atoms with Crippen LogP contribution in [0.3, 0.4) is 0 Å². The largest absolute Gasteiger partial charge is 0.352 e. The van der Waals surface area contributed by atoms with Crippen molar-refractivity contribution in [3.8, 4) is 0 Å². The fourth-order valence-corrected chi connectivity index (χ4v) is 2.62. The standard InChI is InChI=1S/C17H20N4O4/c1-19(10-14(22)18-13-7-8-13)11-21-16(24)15(23)20(17(21)25)9-12-5-3-2-4-6-12/h2-6,13H,7-11H2,1H3,(H,18,22). The fourth-order valence-electron chi connectivity index (χ4n) is 2.62. The van der Waals surface area contributed by atoms with E-state index >= 15 is 0 Å². The third kappa shape index (κ3) is 4.03. The quantitative estimate of drug-likeness (QED) is 0.562. The minimum absolute atomic E-state index is 0.0482. The zero-order valence-electron chi connectivity index (χ0n) is 14.0. The number of rotatable bonds is 7. The molecule has 1 heterocycles. The van der Waals surface area contributed by atoms with Gasteiger partial charge in [-0.2, -0.15) is 0 Å². The maximum atomic E-state index is 12.4. The molecule has 1 aliphatic carbocycles. The number of amides is 5. The Morgan fingerprint density at radius 2 is 1.76 bits per heavy atom. The average Bonchev–Trinajstić information content (AvgIpc) is 3.37. The predicted octanol–water partition coefficient (Wildman–Crippen LogP) is 0.145. The van der Waals surface area contributed by atoms with Crippen LogP contribution in [-0.2, 0) is 20.9 Å². The molecule has 0 radical (unpaired) electrons. The Hall–Kier alpha value is -2.74. The van der Waals surface area contributed by atoms with E-state index in [0.29, 0.717) is 0 Å². The molecule has 1 aromatic carbocycles. The van der Waals surface area contributed by atoms with Crippen LogP contribution >= 0.6 is 0 Å². The number of imide groups is 2. The van der Waals surface area contributed by atoms with Crippen molar-refractivity contribution in [1.82, 2.24) is 20.0 Å². The van der Waals surface area contributed by atoms with Crippen LogP contribution < -0.4 is 5.32 Å². The van der Waals surface area contributed by atoms with Gasteiger partial charge in [0, 0.05) is 6.04 Å². The van der Waals surface area contributed by atoms with Crippen LogP contribution in [0.5, 0.6) is 0 Å². The van der Waals surface area contributed by atoms with Crippen molar-refractivity contribution < 1.29 is 19.2 Å². The first-order chi connectivity index (χ1) is 12.0. The normalized spacial score (nSPS) is 17.6. The molecule has 8 nitrogen and oxygen atoms in total. The van der Waals surface area contributed by atoms with E-state index in [1.54, 1.807) is 31.3 Å². The van der Waals surface area contributed by atoms with Crippen molar-refractivity contribution in [2.75, 3.05) is 20.3 Å². The van der Waals surface area contributed by atoms with Gasteiger partial charge < -0.3 is 5.32 Å². The second kappa shape index (κ2) is 7.02. The molecule has 2 fully saturated rings. The van der Waals surface area contributed by atoms with E-state index in [9.17, 15) is 19.2 Å². The number of hydrogen-bond donors (Lipinski definition) is 1. The summed E-state index contributed by atoms with van der Waals surface area (Å²) in [5.41, 5.74) is 0.760. The van der Waals surface area contributed by atoms with Gasteiger partial charge in [0.1, 0.15) is 0 Å². The van der Waals surface area contributed by atoms with E-state index in [2.05, 4.69) is 5.32 Å². The van der Waals surface area contributed by atoms with Crippen LogP contribution in [-0.4, -0.2) is 64.8 Å². The van der Waals surface area contributed by atoms with Crippen molar-refractivity contribution in [2.45, 2.75) is 25.4 Å². The van der Waals surface area contributed by atoms with Gasteiger partial charge in [0.05, 0.1) is 19.8 Å². The Bertz CT molecular complexity index is 702. The Balaban J connectivity index is 1.59. The smallest absolute Gasteiger partial charge is 0.335 e. The summed E-state index contributed by atoms with van der Waals surface area (Å²) in [6.45, 7) is -0.000153. The molecule has 0 unspecified atom stereocenters. The maximum Gasteiger partial charge on any atom is 0.335 e. The first-order valence-corrected chi connectivity index (χ1v) is 8.15. The number of hydrogen-bond acceptors (Lipinski definition) is 5. The summed E-state index contributed by atoms with van der Waals surface area (Å²) in [7, 11) is 1.62. The summed E-state index contributed by atoms with van der Waals surface area (Å²) in [5.74, 6) is -1.86. The number of carbonyl (C=O) groups is 4. The van der Waals surface area contributed by atoms with E-state index < -0.39 is 17.8 Å². The van der Waals surface area contributed by atoms with Gasteiger partial charge in [-0.3, -0.25) is 24.2 Å². The van der Waals surface area contributed by atoms with Gasteiger partial charge in [-0.1, -0.05) is 30.3 Å². The highest BCUT2D eigenvalue weighted by molar-refractivity contribution is 6.44. The zero-order valence-corrected chi connectivity index (χ0v) is 14.0. The number of urea groups is 1. The summed E-state index contributed by atoms with van der Waals surface area (Å²) in [6, 6.07) is 8.57. The number of benzene rings is 1. The third-order valence-corrected chi connectivity index (χ3v) is 4.06. The number of nitrogens with one attached hydrogen (secondary N) is 1. The molecular weight excluding hydrogens is 324 g/mol. The first kappa shape index (κ1) is 17.1. The summed E-state index contributed by atoms with van der Waals surface area (Å²) >= 11 is 0. The Morgan fingerprint density at radius 3 is 2.40 bits per heavy atom. The lowest BCUT2D eigenvalue weighted by molar-refractivity contribution is -0.144. The van der Waals surface area contributed by atoms with Crippen LogP contribution in [0.4, 0.5) is 4.79 Å². The van der Waals surface area contributed by atoms with Crippen LogP contribution in [0.2, 0.25) is 0 Å². The Kier molecular flexibility index (Phi) is 4.80. The molecule has 0 aromatic heterocycles. The van der Waals surface area contributed by atoms with Gasteiger partial charge in [0.15, 0.2) is 0 Å². The number of likely N-dealkylation sites (N-methyl/N-ethyl adjacent to an activating group) is 1. The molecule has 3 rings (SSSR count). The van der Waals surface area contributed by atoms with Gasteiger partial charge in [0.25, 0.3) is 0 Å². The minimum atomic E-state index is -0.865. The second-order valence-corrected chi connectivity index (χ2v) is 6.39. The molecular formula is C17H20N4O4. The molecule has 132 valence electrons. The van der Waals surface area contributed by atoms with Crippen molar-refractivity contribution in [3.05, 3.63) is 35.9 Å². The van der Waals surface area contributed by atoms with Gasteiger partial charge >= 0.3 is 17.8 Å². The van der Waals surface area contributed by atoms with Gasteiger partial charge in [-0.25, -0.2) is 9.69 Å². The Labute approximate surface area is 145 Å². The number of nitrogens with zero attached hydrogens (tertiary/aromatic N) is 3. The van der Waals surface area contributed by atoms with Crippen molar-refractivity contribution >= 4 is 23.8 Å². The highest BCUT2D eigenvalue weighted by Crippen LogP contribution is 2.18. The van der Waals surface area contributed by atoms with Gasteiger partial charge in [-0.05, 0) is 25.5 Å². The van der Waals surface area contributed by atoms with Gasteiger partial charge in [0.2, 0.25) is 5.91 Å². The lowest BCUT2D eigenvalue weighted by Gasteiger charge is -2.22. The van der Waals surface area contributed by atoms with Crippen LogP contribution in [0.1, 0.15) is 18.4 Å². The van der Waals surface area contributed by atoms with E-state index in [1.807, 2.05) is 6.07 Å². The van der Waals surface area contributed by atoms with E-state index in [1.165, 1.54) is 4.90 Å². The van der Waals surface area contributed by atoms with Crippen molar-refractivity contribution in [2.24, 2.45) is 0 Å². The monoisotopic (exact) mass is 344 g/mol. The highest BCUT2D eigenvalue weighted by atomic mass is 16.2. The molecule has 0 atom stereocenters. The maximum absolute atomic E-state index is 12.4. The predicted molar refractivity (Wildman–Crippen MR) is 87.9 cm³/mol. The lowest BCUT2D eigenvalue weighted by atomic mass is 10.2. The second-order valence-electron chi connectivity index (χ2n) is 6.39. The highest BCUT2D eigenvalue weighted by Gasteiger charge is 2.44. The molecule has 8 heteroatoms. The summed E-state index contributed by atoms with van der Waals surface area (Å²) in [4.78, 5) is 51.8. The topological polar surface area (TPSA) is 90.0 Å². The average molecular weight is 344 g/mol. The molecule has 0 bridgehead atoms. The van der Waals surface area contributed by atoms with E-state index in [4.69, 9.17) is 0 Å². The van der Waals surface area contributed by atoms with E-state index in [-0.39, 0.29) is 31.7 Å². The van der Waals surface area contributed by atoms with Crippen molar-refractivity contribution in [1.29, 1.82) is 0 Å². The summed E-state index contributed by atoms with van der Waals surface area (Å²) < 4.78 is 0. The fraction of sp³-hybridized carbons (Fsp3) is 0.412. The third-order valence-electron chi connectivity index (χ3n) is 4.06. The SMILES string of the molecule is CN(CC(=O)NC1CC1)CN1C(=O)C(=O)N(Cc2ccccc2)C1=O. The van der Waals surface area contributed by atoms with Crippen LogP contribution in [0.25, 0.3) is 0 Å². The molecule has 1 saturated carbocycles.